The Hall–Kier alpha value is -1.46. The SMILES string of the molecule is Cc1cncc(C(=O)N2CCCN(CC(C)CN)CC2)c1. The average Bonchev–Trinajstić information content (AvgIpc) is 2.72. The van der Waals surface area contributed by atoms with Crippen molar-refractivity contribution in [3.63, 3.8) is 0 Å². The number of amides is 1. The summed E-state index contributed by atoms with van der Waals surface area (Å²) in [5, 5.41) is 0. The van der Waals surface area contributed by atoms with Crippen molar-refractivity contribution in [2.24, 2.45) is 11.7 Å². The van der Waals surface area contributed by atoms with Crippen molar-refractivity contribution in [2.75, 3.05) is 39.3 Å². The third-order valence-electron chi connectivity index (χ3n) is 3.97. The van der Waals surface area contributed by atoms with Crippen LogP contribution in [0.4, 0.5) is 0 Å². The van der Waals surface area contributed by atoms with E-state index >= 15 is 0 Å². The molecular formula is C16H26N4O. The molecule has 5 heteroatoms. The summed E-state index contributed by atoms with van der Waals surface area (Å²) >= 11 is 0. The van der Waals surface area contributed by atoms with E-state index in [1.165, 1.54) is 0 Å². The number of nitrogens with zero attached hydrogens (tertiary/aromatic N) is 3. The molecule has 0 bridgehead atoms. The Labute approximate surface area is 127 Å². The largest absolute Gasteiger partial charge is 0.337 e. The molecule has 0 spiro atoms. The molecule has 0 aliphatic carbocycles. The maximum absolute atomic E-state index is 12.5. The van der Waals surface area contributed by atoms with E-state index in [4.69, 9.17) is 5.73 Å². The molecule has 116 valence electrons. The first kappa shape index (κ1) is 15.9. The topological polar surface area (TPSA) is 62.5 Å². The molecule has 1 aromatic heterocycles. The molecule has 1 aliphatic rings. The van der Waals surface area contributed by atoms with Gasteiger partial charge in [0, 0.05) is 38.6 Å². The van der Waals surface area contributed by atoms with E-state index in [1.54, 1.807) is 12.4 Å². The first-order valence-corrected chi connectivity index (χ1v) is 7.73. The number of nitrogens with two attached hydrogens (primary N) is 1. The van der Waals surface area contributed by atoms with E-state index in [9.17, 15) is 4.79 Å². The quantitative estimate of drug-likeness (QED) is 0.903. The fourth-order valence-electron chi connectivity index (χ4n) is 2.73. The lowest BCUT2D eigenvalue weighted by Crippen LogP contribution is -2.37. The summed E-state index contributed by atoms with van der Waals surface area (Å²) in [6.07, 6.45) is 4.45. The van der Waals surface area contributed by atoms with Crippen LogP contribution in [0.5, 0.6) is 0 Å². The van der Waals surface area contributed by atoms with Gasteiger partial charge >= 0.3 is 0 Å². The molecule has 1 aliphatic heterocycles. The molecule has 2 N–H and O–H groups in total. The van der Waals surface area contributed by atoms with Crippen molar-refractivity contribution in [1.82, 2.24) is 14.8 Å². The van der Waals surface area contributed by atoms with Gasteiger partial charge in [-0.3, -0.25) is 9.78 Å². The summed E-state index contributed by atoms with van der Waals surface area (Å²) in [6.45, 7) is 9.44. The van der Waals surface area contributed by atoms with Gasteiger partial charge in [0.2, 0.25) is 0 Å². The lowest BCUT2D eigenvalue weighted by atomic mass is 10.1. The van der Waals surface area contributed by atoms with Gasteiger partial charge in [0.15, 0.2) is 0 Å². The Balaban J connectivity index is 1.95. The van der Waals surface area contributed by atoms with Gasteiger partial charge in [-0.2, -0.15) is 0 Å². The molecule has 21 heavy (non-hydrogen) atoms. The molecule has 0 aromatic carbocycles. The van der Waals surface area contributed by atoms with Crippen molar-refractivity contribution >= 4 is 5.91 Å². The number of hydrogen-bond acceptors (Lipinski definition) is 4. The Morgan fingerprint density at radius 3 is 2.86 bits per heavy atom. The highest BCUT2D eigenvalue weighted by Crippen LogP contribution is 2.11. The highest BCUT2D eigenvalue weighted by Gasteiger charge is 2.21. The van der Waals surface area contributed by atoms with Crippen LogP contribution in [0.1, 0.15) is 29.3 Å². The minimum atomic E-state index is 0.0972. The van der Waals surface area contributed by atoms with Crippen molar-refractivity contribution in [3.8, 4) is 0 Å². The highest BCUT2D eigenvalue weighted by atomic mass is 16.2. The van der Waals surface area contributed by atoms with Crippen LogP contribution in [0.25, 0.3) is 0 Å². The minimum absolute atomic E-state index is 0.0972. The van der Waals surface area contributed by atoms with Gasteiger partial charge in [-0.15, -0.1) is 0 Å². The van der Waals surface area contributed by atoms with E-state index in [1.807, 2.05) is 17.9 Å². The normalized spacial score (nSPS) is 18.3. The predicted octanol–water partition coefficient (Wildman–Crippen LogP) is 1.13. The van der Waals surface area contributed by atoms with Gasteiger partial charge in [0.05, 0.1) is 5.56 Å². The number of pyridine rings is 1. The van der Waals surface area contributed by atoms with Crippen LogP contribution in [0.3, 0.4) is 0 Å². The molecular weight excluding hydrogens is 264 g/mol. The predicted molar refractivity (Wildman–Crippen MR) is 84.2 cm³/mol. The second-order valence-corrected chi connectivity index (χ2v) is 6.04. The maximum Gasteiger partial charge on any atom is 0.255 e. The van der Waals surface area contributed by atoms with Crippen LogP contribution in [-0.2, 0) is 0 Å². The number of aromatic nitrogens is 1. The highest BCUT2D eigenvalue weighted by molar-refractivity contribution is 5.94. The summed E-state index contributed by atoms with van der Waals surface area (Å²) in [6, 6.07) is 1.91. The van der Waals surface area contributed by atoms with Gasteiger partial charge in [-0.1, -0.05) is 6.92 Å². The lowest BCUT2D eigenvalue weighted by Gasteiger charge is -2.24. The number of rotatable bonds is 4. The summed E-state index contributed by atoms with van der Waals surface area (Å²) < 4.78 is 0. The zero-order valence-corrected chi connectivity index (χ0v) is 13.1. The van der Waals surface area contributed by atoms with Crippen LogP contribution in [0.15, 0.2) is 18.5 Å². The molecule has 2 heterocycles. The standard InChI is InChI=1S/C16H26N4O/c1-13-8-15(11-18-10-13)16(21)20-5-3-4-19(6-7-20)12-14(2)9-17/h8,10-11,14H,3-7,9,12,17H2,1-2H3. The molecule has 5 nitrogen and oxygen atoms in total. The van der Waals surface area contributed by atoms with Crippen LogP contribution in [0.2, 0.25) is 0 Å². The van der Waals surface area contributed by atoms with Gasteiger partial charge in [-0.05, 0) is 44.0 Å². The van der Waals surface area contributed by atoms with Gasteiger partial charge in [0.1, 0.15) is 0 Å². The second-order valence-electron chi connectivity index (χ2n) is 6.04. The van der Waals surface area contributed by atoms with Crippen molar-refractivity contribution < 1.29 is 4.79 Å². The van der Waals surface area contributed by atoms with Crippen LogP contribution in [0, 0.1) is 12.8 Å². The van der Waals surface area contributed by atoms with Gasteiger partial charge in [0.25, 0.3) is 5.91 Å². The summed E-state index contributed by atoms with van der Waals surface area (Å²) in [5.74, 6) is 0.605. The van der Waals surface area contributed by atoms with E-state index in [0.717, 1.165) is 44.7 Å². The fraction of sp³-hybridized carbons (Fsp3) is 0.625. The number of hydrogen-bond donors (Lipinski definition) is 1. The fourth-order valence-corrected chi connectivity index (χ4v) is 2.73. The molecule has 0 radical (unpaired) electrons. The Morgan fingerprint density at radius 1 is 1.33 bits per heavy atom. The Morgan fingerprint density at radius 2 is 2.14 bits per heavy atom. The minimum Gasteiger partial charge on any atom is -0.337 e. The van der Waals surface area contributed by atoms with E-state index < -0.39 is 0 Å². The zero-order valence-electron chi connectivity index (χ0n) is 13.1. The van der Waals surface area contributed by atoms with Crippen molar-refractivity contribution in [3.05, 3.63) is 29.6 Å². The Bertz CT molecular complexity index is 477. The van der Waals surface area contributed by atoms with Crippen LogP contribution < -0.4 is 5.73 Å². The summed E-state index contributed by atoms with van der Waals surface area (Å²) in [5.41, 5.74) is 7.41. The molecule has 1 amide bonds. The third-order valence-corrected chi connectivity index (χ3v) is 3.97. The van der Waals surface area contributed by atoms with Gasteiger partial charge in [-0.25, -0.2) is 0 Å². The smallest absolute Gasteiger partial charge is 0.255 e. The number of carbonyl (C=O) groups excluding carboxylic acids is 1. The average molecular weight is 290 g/mol. The molecule has 0 saturated carbocycles. The first-order valence-electron chi connectivity index (χ1n) is 7.73. The van der Waals surface area contributed by atoms with Crippen molar-refractivity contribution in [1.29, 1.82) is 0 Å². The first-order chi connectivity index (χ1) is 10.1. The number of aryl methyl sites for hydroxylation is 1. The van der Waals surface area contributed by atoms with E-state index in [-0.39, 0.29) is 5.91 Å². The summed E-state index contributed by atoms with van der Waals surface area (Å²) in [7, 11) is 0. The van der Waals surface area contributed by atoms with E-state index in [0.29, 0.717) is 18.0 Å². The third kappa shape index (κ3) is 4.51. The monoisotopic (exact) mass is 290 g/mol. The van der Waals surface area contributed by atoms with Crippen molar-refractivity contribution in [2.45, 2.75) is 20.3 Å². The summed E-state index contributed by atoms with van der Waals surface area (Å²) in [4.78, 5) is 21.0. The van der Waals surface area contributed by atoms with Gasteiger partial charge < -0.3 is 15.5 Å². The lowest BCUT2D eigenvalue weighted by molar-refractivity contribution is 0.0760. The maximum atomic E-state index is 12.5. The van der Waals surface area contributed by atoms with E-state index in [2.05, 4.69) is 16.8 Å². The zero-order chi connectivity index (χ0) is 15.2. The molecule has 1 aromatic rings. The molecule has 1 saturated heterocycles. The molecule has 1 atom stereocenters. The van der Waals surface area contributed by atoms with Crippen LogP contribution in [-0.4, -0.2) is 60.0 Å². The number of carbonyl (C=O) groups is 1. The van der Waals surface area contributed by atoms with Crippen LogP contribution >= 0.6 is 0 Å². The Kier molecular flexibility index (Phi) is 5.70. The molecule has 2 rings (SSSR count). The molecule has 1 fully saturated rings. The second kappa shape index (κ2) is 7.52. The molecule has 1 unspecified atom stereocenters.